The summed E-state index contributed by atoms with van der Waals surface area (Å²) < 4.78 is 4.59. The lowest BCUT2D eigenvalue weighted by atomic mass is 10.3. The van der Waals surface area contributed by atoms with E-state index >= 15 is 0 Å². The number of rotatable bonds is 1. The number of aromatic nitrogens is 2. The Morgan fingerprint density at radius 3 is 3.33 bits per heavy atom. The van der Waals surface area contributed by atoms with Crippen molar-refractivity contribution in [3.63, 3.8) is 0 Å². The third kappa shape index (κ3) is 0.902. The first-order chi connectivity index (χ1) is 5.83. The standard InChI is InChI=1S/C7H6N2O2S/c1-11-7(10)4-2-12-6-5(4)8-3-9-6/h2-3H,1H3,(H,8,9). The number of ether oxygens (including phenoxy) is 1. The molecule has 0 aliphatic heterocycles. The zero-order valence-electron chi connectivity index (χ0n) is 6.33. The molecule has 2 aromatic rings. The monoisotopic (exact) mass is 182 g/mol. The molecule has 0 atom stereocenters. The number of fused-ring (bicyclic) bond motifs is 1. The molecule has 0 saturated carbocycles. The van der Waals surface area contributed by atoms with Crippen LogP contribution >= 0.6 is 11.3 Å². The average molecular weight is 182 g/mol. The third-order valence-corrected chi connectivity index (χ3v) is 2.45. The second-order valence-corrected chi connectivity index (χ2v) is 3.08. The van der Waals surface area contributed by atoms with Crippen molar-refractivity contribution in [2.75, 3.05) is 7.11 Å². The van der Waals surface area contributed by atoms with Gasteiger partial charge < -0.3 is 9.72 Å². The predicted molar refractivity (Wildman–Crippen MR) is 45.3 cm³/mol. The number of hydrogen-bond acceptors (Lipinski definition) is 4. The molecule has 0 aliphatic rings. The Hall–Kier alpha value is -1.36. The van der Waals surface area contributed by atoms with Crippen molar-refractivity contribution in [3.8, 4) is 0 Å². The van der Waals surface area contributed by atoms with Gasteiger partial charge in [-0.2, -0.15) is 0 Å². The Morgan fingerprint density at radius 1 is 1.75 bits per heavy atom. The smallest absolute Gasteiger partial charge is 0.340 e. The third-order valence-electron chi connectivity index (χ3n) is 1.57. The minimum atomic E-state index is -0.328. The fraction of sp³-hybridized carbons (Fsp3) is 0.143. The van der Waals surface area contributed by atoms with E-state index in [4.69, 9.17) is 0 Å². The fourth-order valence-corrected chi connectivity index (χ4v) is 1.84. The Kier molecular flexibility index (Phi) is 1.58. The Labute approximate surface area is 72.2 Å². The topological polar surface area (TPSA) is 55.0 Å². The second-order valence-electron chi connectivity index (χ2n) is 2.22. The van der Waals surface area contributed by atoms with Gasteiger partial charge in [0.25, 0.3) is 0 Å². The first kappa shape index (κ1) is 7.30. The summed E-state index contributed by atoms with van der Waals surface area (Å²) >= 11 is 1.42. The van der Waals surface area contributed by atoms with E-state index < -0.39 is 0 Å². The molecule has 2 heterocycles. The molecule has 12 heavy (non-hydrogen) atoms. The van der Waals surface area contributed by atoms with Crippen LogP contribution in [0.4, 0.5) is 0 Å². The predicted octanol–water partition coefficient (Wildman–Crippen LogP) is 1.41. The van der Waals surface area contributed by atoms with Gasteiger partial charge in [0.2, 0.25) is 0 Å². The van der Waals surface area contributed by atoms with E-state index in [0.717, 1.165) is 10.3 Å². The lowest BCUT2D eigenvalue weighted by molar-refractivity contribution is 0.0603. The van der Waals surface area contributed by atoms with Crippen molar-refractivity contribution in [2.45, 2.75) is 0 Å². The molecule has 0 saturated heterocycles. The fourth-order valence-electron chi connectivity index (χ4n) is 0.998. The van der Waals surface area contributed by atoms with E-state index in [2.05, 4.69) is 14.7 Å². The molecule has 0 fully saturated rings. The van der Waals surface area contributed by atoms with Gasteiger partial charge in [-0.05, 0) is 0 Å². The van der Waals surface area contributed by atoms with Gasteiger partial charge in [-0.1, -0.05) is 0 Å². The van der Waals surface area contributed by atoms with Crippen LogP contribution in [0.5, 0.6) is 0 Å². The molecule has 2 rings (SSSR count). The van der Waals surface area contributed by atoms with Crippen molar-refractivity contribution >= 4 is 27.7 Å². The highest BCUT2D eigenvalue weighted by molar-refractivity contribution is 7.17. The van der Waals surface area contributed by atoms with Crippen LogP contribution in [0.15, 0.2) is 11.7 Å². The molecule has 0 unspecified atom stereocenters. The number of carbonyl (C=O) groups excluding carboxylic acids is 1. The van der Waals surface area contributed by atoms with Crippen molar-refractivity contribution in [1.29, 1.82) is 0 Å². The van der Waals surface area contributed by atoms with Crippen LogP contribution in [0.3, 0.4) is 0 Å². The van der Waals surface area contributed by atoms with Crippen LogP contribution in [-0.4, -0.2) is 23.0 Å². The normalized spacial score (nSPS) is 10.4. The van der Waals surface area contributed by atoms with E-state index in [1.54, 1.807) is 11.7 Å². The molecule has 4 nitrogen and oxygen atoms in total. The number of esters is 1. The number of carbonyl (C=O) groups is 1. The molecular formula is C7H6N2O2S. The van der Waals surface area contributed by atoms with Gasteiger partial charge in [-0.15, -0.1) is 11.3 Å². The van der Waals surface area contributed by atoms with Gasteiger partial charge >= 0.3 is 5.97 Å². The minimum Gasteiger partial charge on any atom is -0.465 e. The van der Waals surface area contributed by atoms with E-state index in [-0.39, 0.29) is 5.97 Å². The molecule has 0 amide bonds. The molecule has 1 N–H and O–H groups in total. The SMILES string of the molecule is COC(=O)c1csc2nc[nH]c12. The number of methoxy groups -OCH3 is 1. The zero-order valence-corrected chi connectivity index (χ0v) is 7.14. The molecule has 2 aromatic heterocycles. The zero-order chi connectivity index (χ0) is 8.55. The van der Waals surface area contributed by atoms with Crippen LogP contribution in [-0.2, 0) is 4.74 Å². The Bertz CT molecular complexity index is 418. The summed E-state index contributed by atoms with van der Waals surface area (Å²) in [6.45, 7) is 0. The van der Waals surface area contributed by atoms with Crippen molar-refractivity contribution in [3.05, 3.63) is 17.3 Å². The number of nitrogens with zero attached hydrogens (tertiary/aromatic N) is 1. The van der Waals surface area contributed by atoms with Crippen LogP contribution in [0, 0.1) is 0 Å². The number of imidazole rings is 1. The van der Waals surface area contributed by atoms with E-state index in [1.165, 1.54) is 18.4 Å². The second kappa shape index (κ2) is 2.60. The molecular weight excluding hydrogens is 176 g/mol. The highest BCUT2D eigenvalue weighted by Crippen LogP contribution is 2.22. The number of hydrogen-bond donors (Lipinski definition) is 1. The average Bonchev–Trinajstić information content (AvgIpc) is 2.62. The summed E-state index contributed by atoms with van der Waals surface area (Å²) in [6.07, 6.45) is 1.56. The first-order valence-electron chi connectivity index (χ1n) is 3.32. The molecule has 0 aromatic carbocycles. The number of nitrogens with one attached hydrogen (secondary N) is 1. The lowest BCUT2D eigenvalue weighted by Crippen LogP contribution is -1.99. The quantitative estimate of drug-likeness (QED) is 0.678. The largest absolute Gasteiger partial charge is 0.465 e. The highest BCUT2D eigenvalue weighted by Gasteiger charge is 2.13. The van der Waals surface area contributed by atoms with Gasteiger partial charge in [0.1, 0.15) is 4.83 Å². The summed E-state index contributed by atoms with van der Waals surface area (Å²) in [5.74, 6) is -0.328. The van der Waals surface area contributed by atoms with Crippen molar-refractivity contribution < 1.29 is 9.53 Å². The van der Waals surface area contributed by atoms with Gasteiger partial charge in [-0.25, -0.2) is 9.78 Å². The van der Waals surface area contributed by atoms with Gasteiger partial charge in [0.15, 0.2) is 0 Å². The highest BCUT2D eigenvalue weighted by atomic mass is 32.1. The number of thiophene rings is 1. The van der Waals surface area contributed by atoms with Crippen LogP contribution < -0.4 is 0 Å². The van der Waals surface area contributed by atoms with Crippen molar-refractivity contribution in [1.82, 2.24) is 9.97 Å². The summed E-state index contributed by atoms with van der Waals surface area (Å²) in [6, 6.07) is 0. The van der Waals surface area contributed by atoms with Gasteiger partial charge in [0.05, 0.1) is 24.5 Å². The molecule has 0 spiro atoms. The van der Waals surface area contributed by atoms with Gasteiger partial charge in [0, 0.05) is 5.38 Å². The molecule has 0 radical (unpaired) electrons. The number of aromatic amines is 1. The van der Waals surface area contributed by atoms with Crippen LogP contribution in [0.25, 0.3) is 10.3 Å². The lowest BCUT2D eigenvalue weighted by Gasteiger charge is -1.92. The molecule has 62 valence electrons. The van der Waals surface area contributed by atoms with Gasteiger partial charge in [-0.3, -0.25) is 0 Å². The van der Waals surface area contributed by atoms with Crippen molar-refractivity contribution in [2.24, 2.45) is 0 Å². The summed E-state index contributed by atoms with van der Waals surface area (Å²) in [4.78, 5) is 18.8. The summed E-state index contributed by atoms with van der Waals surface area (Å²) in [5.41, 5.74) is 1.31. The Morgan fingerprint density at radius 2 is 2.58 bits per heavy atom. The van der Waals surface area contributed by atoms with E-state index in [1.807, 2.05) is 0 Å². The first-order valence-corrected chi connectivity index (χ1v) is 4.20. The maximum absolute atomic E-state index is 11.1. The van der Waals surface area contributed by atoms with Crippen LogP contribution in [0.2, 0.25) is 0 Å². The van der Waals surface area contributed by atoms with Crippen LogP contribution in [0.1, 0.15) is 10.4 Å². The number of H-pyrrole nitrogens is 1. The molecule has 0 aliphatic carbocycles. The maximum Gasteiger partial charge on any atom is 0.340 e. The maximum atomic E-state index is 11.1. The minimum absolute atomic E-state index is 0.328. The molecule has 5 heteroatoms. The van der Waals surface area contributed by atoms with E-state index in [9.17, 15) is 4.79 Å². The Balaban J connectivity index is 2.61. The van der Waals surface area contributed by atoms with E-state index in [0.29, 0.717) is 5.56 Å². The summed E-state index contributed by atoms with van der Waals surface area (Å²) in [5, 5.41) is 1.74. The summed E-state index contributed by atoms with van der Waals surface area (Å²) in [7, 11) is 1.36. The molecule has 0 bridgehead atoms.